The van der Waals surface area contributed by atoms with Crippen LogP contribution in [0.3, 0.4) is 0 Å². The van der Waals surface area contributed by atoms with Gasteiger partial charge in [-0.05, 0) is 0 Å². The minimum Gasteiger partial charge on any atom is -0.504 e. The molecule has 0 saturated heterocycles. The lowest BCUT2D eigenvalue weighted by molar-refractivity contribution is 0.0688. The monoisotopic (exact) mass is 301 g/mol. The van der Waals surface area contributed by atoms with Crippen molar-refractivity contribution in [1.82, 2.24) is 9.97 Å². The second kappa shape index (κ2) is 6.33. The number of phenols is 2. The summed E-state index contributed by atoms with van der Waals surface area (Å²) in [6, 6.07) is 2.35. The molecule has 5 N–H and O–H groups in total. The van der Waals surface area contributed by atoms with Crippen LogP contribution in [0, 0.1) is 0 Å². The number of nitrogens with two attached hydrogens (primary N) is 1. The SMILES string of the molecule is Cl.NOCCc1nc2cc(O)c(O)cc2nc1C(=O)O. The van der Waals surface area contributed by atoms with Crippen LogP contribution in [0.15, 0.2) is 12.1 Å². The molecule has 0 spiro atoms. The number of phenolic OH excluding ortho intramolecular Hbond substituents is 2. The number of benzene rings is 1. The number of halogens is 1. The van der Waals surface area contributed by atoms with Crippen molar-refractivity contribution < 1.29 is 25.0 Å². The van der Waals surface area contributed by atoms with Gasteiger partial charge in [-0.3, -0.25) is 0 Å². The van der Waals surface area contributed by atoms with Gasteiger partial charge in [0.1, 0.15) is 0 Å². The zero-order valence-corrected chi connectivity index (χ0v) is 10.9. The predicted octanol–water partition coefficient (Wildman–Crippen LogP) is 0.594. The van der Waals surface area contributed by atoms with Crippen LogP contribution in [-0.2, 0) is 11.3 Å². The van der Waals surface area contributed by atoms with Crippen molar-refractivity contribution in [2.24, 2.45) is 5.90 Å². The molecular formula is C11H12ClN3O5. The molecule has 0 aliphatic rings. The van der Waals surface area contributed by atoms with Gasteiger partial charge in [-0.25, -0.2) is 20.7 Å². The average molecular weight is 302 g/mol. The van der Waals surface area contributed by atoms with E-state index >= 15 is 0 Å². The molecule has 1 heterocycles. The predicted molar refractivity (Wildman–Crippen MR) is 70.9 cm³/mol. The summed E-state index contributed by atoms with van der Waals surface area (Å²) in [6.45, 7) is 0.0878. The second-order valence-corrected chi connectivity index (χ2v) is 3.77. The van der Waals surface area contributed by atoms with E-state index in [2.05, 4.69) is 14.8 Å². The Morgan fingerprint density at radius 2 is 1.75 bits per heavy atom. The number of hydrogen-bond donors (Lipinski definition) is 4. The highest BCUT2D eigenvalue weighted by Crippen LogP contribution is 2.28. The maximum absolute atomic E-state index is 11.1. The average Bonchev–Trinajstić information content (AvgIpc) is 2.36. The molecule has 1 aromatic carbocycles. The number of fused-ring (bicyclic) bond motifs is 1. The van der Waals surface area contributed by atoms with Gasteiger partial charge in [0, 0.05) is 18.6 Å². The van der Waals surface area contributed by atoms with E-state index in [0.29, 0.717) is 0 Å². The quantitative estimate of drug-likeness (QED) is 0.475. The molecule has 0 bridgehead atoms. The third-order valence-electron chi connectivity index (χ3n) is 2.49. The molecule has 20 heavy (non-hydrogen) atoms. The summed E-state index contributed by atoms with van der Waals surface area (Å²) in [7, 11) is 0. The number of aromatic hydroxyl groups is 2. The van der Waals surface area contributed by atoms with Crippen LogP contribution in [0.1, 0.15) is 16.2 Å². The third-order valence-corrected chi connectivity index (χ3v) is 2.49. The first kappa shape index (κ1) is 15.9. The van der Waals surface area contributed by atoms with E-state index in [1.165, 1.54) is 6.07 Å². The zero-order chi connectivity index (χ0) is 14.0. The van der Waals surface area contributed by atoms with E-state index in [-0.39, 0.29) is 53.6 Å². The molecule has 0 aliphatic carbocycles. The Bertz CT molecular complexity index is 649. The molecule has 0 saturated carbocycles. The molecule has 1 aromatic heterocycles. The maximum Gasteiger partial charge on any atom is 0.356 e. The fraction of sp³-hybridized carbons (Fsp3) is 0.182. The van der Waals surface area contributed by atoms with Crippen LogP contribution >= 0.6 is 12.4 Å². The molecular weight excluding hydrogens is 290 g/mol. The molecule has 8 nitrogen and oxygen atoms in total. The summed E-state index contributed by atoms with van der Waals surface area (Å²) < 4.78 is 0. The van der Waals surface area contributed by atoms with Crippen LogP contribution in [0.2, 0.25) is 0 Å². The number of aromatic carboxylic acids is 1. The first-order valence-corrected chi connectivity index (χ1v) is 5.30. The summed E-state index contributed by atoms with van der Waals surface area (Å²) in [4.78, 5) is 23.5. The lowest BCUT2D eigenvalue weighted by Gasteiger charge is -2.07. The number of aromatic nitrogens is 2. The molecule has 2 aromatic rings. The van der Waals surface area contributed by atoms with Crippen LogP contribution in [0.5, 0.6) is 11.5 Å². The van der Waals surface area contributed by atoms with Crippen molar-refractivity contribution in [3.05, 3.63) is 23.5 Å². The lowest BCUT2D eigenvalue weighted by atomic mass is 10.2. The Balaban J connectivity index is 0.00000200. The van der Waals surface area contributed by atoms with Crippen LogP contribution in [0.25, 0.3) is 11.0 Å². The molecule has 108 valence electrons. The summed E-state index contributed by atoms with van der Waals surface area (Å²) in [5.74, 6) is 2.90. The Hall–Kier alpha value is -2.16. The minimum absolute atomic E-state index is 0. The molecule has 2 rings (SSSR count). The van der Waals surface area contributed by atoms with Gasteiger partial charge in [-0.2, -0.15) is 0 Å². The highest BCUT2D eigenvalue weighted by molar-refractivity contribution is 5.90. The van der Waals surface area contributed by atoms with E-state index in [1.807, 2.05) is 0 Å². The van der Waals surface area contributed by atoms with Crippen LogP contribution < -0.4 is 5.90 Å². The van der Waals surface area contributed by atoms with E-state index in [9.17, 15) is 15.0 Å². The van der Waals surface area contributed by atoms with Crippen molar-refractivity contribution in [2.45, 2.75) is 6.42 Å². The summed E-state index contributed by atoms with van der Waals surface area (Å²) in [5, 5.41) is 27.8. The van der Waals surface area contributed by atoms with Gasteiger partial charge in [0.05, 0.1) is 23.3 Å². The van der Waals surface area contributed by atoms with Crippen molar-refractivity contribution >= 4 is 29.4 Å². The smallest absolute Gasteiger partial charge is 0.356 e. The Kier molecular flexibility index (Phi) is 5.03. The number of carboxylic acids is 1. The molecule has 0 amide bonds. The Morgan fingerprint density at radius 1 is 1.20 bits per heavy atom. The number of nitrogens with zero attached hydrogens (tertiary/aromatic N) is 2. The number of rotatable bonds is 4. The Labute approximate surface area is 119 Å². The fourth-order valence-electron chi connectivity index (χ4n) is 1.62. The summed E-state index contributed by atoms with van der Waals surface area (Å²) in [6.07, 6.45) is 0.169. The molecule has 0 aliphatic heterocycles. The standard InChI is InChI=1S/C11H11N3O5.ClH/c12-19-2-1-5-10(11(17)18)14-7-4-9(16)8(15)3-6(7)13-5;/h3-4,15-16H,1-2,12H2,(H,17,18);1H. The molecule has 0 unspecified atom stereocenters. The highest BCUT2D eigenvalue weighted by Gasteiger charge is 2.16. The number of hydrogen-bond acceptors (Lipinski definition) is 7. The van der Waals surface area contributed by atoms with E-state index < -0.39 is 11.7 Å². The summed E-state index contributed by atoms with van der Waals surface area (Å²) >= 11 is 0. The molecule has 0 radical (unpaired) electrons. The third kappa shape index (κ3) is 3.05. The normalized spacial score (nSPS) is 10.2. The van der Waals surface area contributed by atoms with Gasteiger partial charge in [0.25, 0.3) is 0 Å². The van der Waals surface area contributed by atoms with Crippen LogP contribution in [-0.4, -0.2) is 37.9 Å². The fourth-order valence-corrected chi connectivity index (χ4v) is 1.62. The van der Waals surface area contributed by atoms with Crippen molar-refractivity contribution in [1.29, 1.82) is 0 Å². The van der Waals surface area contributed by atoms with Crippen molar-refractivity contribution in [2.75, 3.05) is 6.61 Å². The first-order valence-electron chi connectivity index (χ1n) is 5.30. The van der Waals surface area contributed by atoms with Gasteiger partial charge in [0.15, 0.2) is 17.2 Å². The number of carbonyl (C=O) groups is 1. The minimum atomic E-state index is -1.24. The Morgan fingerprint density at radius 3 is 2.25 bits per heavy atom. The van der Waals surface area contributed by atoms with E-state index in [1.54, 1.807) is 0 Å². The molecule has 9 heteroatoms. The molecule has 0 fully saturated rings. The topological polar surface area (TPSA) is 139 Å². The maximum atomic E-state index is 11.1. The van der Waals surface area contributed by atoms with Gasteiger partial charge in [0.2, 0.25) is 0 Å². The first-order chi connectivity index (χ1) is 9.02. The highest BCUT2D eigenvalue weighted by atomic mass is 35.5. The van der Waals surface area contributed by atoms with Crippen LogP contribution in [0.4, 0.5) is 0 Å². The largest absolute Gasteiger partial charge is 0.504 e. The zero-order valence-electron chi connectivity index (χ0n) is 10.1. The lowest BCUT2D eigenvalue weighted by Crippen LogP contribution is -2.12. The van der Waals surface area contributed by atoms with Gasteiger partial charge >= 0.3 is 5.97 Å². The van der Waals surface area contributed by atoms with E-state index in [0.717, 1.165) is 6.07 Å². The second-order valence-electron chi connectivity index (χ2n) is 3.77. The van der Waals surface area contributed by atoms with Gasteiger partial charge < -0.3 is 20.2 Å². The summed E-state index contributed by atoms with van der Waals surface area (Å²) in [5.41, 5.74) is 0.391. The van der Waals surface area contributed by atoms with Crippen molar-refractivity contribution in [3.8, 4) is 11.5 Å². The van der Waals surface area contributed by atoms with Crippen molar-refractivity contribution in [3.63, 3.8) is 0 Å². The van der Waals surface area contributed by atoms with Gasteiger partial charge in [-0.1, -0.05) is 0 Å². The number of carboxylic acid groups (broad SMARTS) is 1. The van der Waals surface area contributed by atoms with Gasteiger partial charge in [-0.15, -0.1) is 12.4 Å². The molecule has 0 atom stereocenters. The van der Waals surface area contributed by atoms with E-state index in [4.69, 9.17) is 11.0 Å².